The molecule has 126 valence electrons. The molecule has 0 radical (unpaired) electrons. The first kappa shape index (κ1) is 19.0. The van der Waals surface area contributed by atoms with Gasteiger partial charge in [-0.25, -0.2) is 4.79 Å². The van der Waals surface area contributed by atoms with Crippen LogP contribution in [0.4, 0.5) is 4.79 Å². The van der Waals surface area contributed by atoms with E-state index in [1.807, 2.05) is 29.6 Å². The minimum absolute atomic E-state index is 0.130. The number of imide groups is 1. The lowest BCUT2D eigenvalue weighted by Gasteiger charge is -2.07. The van der Waals surface area contributed by atoms with Gasteiger partial charge in [-0.05, 0) is 37.6 Å². The Morgan fingerprint density at radius 1 is 1.17 bits per heavy atom. The van der Waals surface area contributed by atoms with Crippen LogP contribution in [0.5, 0.6) is 5.75 Å². The molecular formula is C15H19BrN2O5. The summed E-state index contributed by atoms with van der Waals surface area (Å²) in [5, 5.41) is 4.43. The number of rotatable bonds is 8. The second-order valence-electron chi connectivity index (χ2n) is 4.47. The Hall–Kier alpha value is -2.09. The lowest BCUT2D eigenvalue weighted by molar-refractivity contribution is -0.148. The van der Waals surface area contributed by atoms with E-state index < -0.39 is 24.5 Å². The van der Waals surface area contributed by atoms with Gasteiger partial charge in [-0.15, -0.1) is 0 Å². The van der Waals surface area contributed by atoms with E-state index in [2.05, 4.69) is 21.2 Å². The number of nitrogens with one attached hydrogen (secondary N) is 2. The summed E-state index contributed by atoms with van der Waals surface area (Å²) in [7, 11) is 0. The van der Waals surface area contributed by atoms with Crippen molar-refractivity contribution in [2.45, 2.75) is 19.8 Å². The fourth-order valence-electron chi connectivity index (χ4n) is 1.52. The van der Waals surface area contributed by atoms with Gasteiger partial charge in [0.1, 0.15) is 5.75 Å². The first-order chi connectivity index (χ1) is 11.0. The molecule has 0 unspecified atom stereocenters. The molecule has 8 heteroatoms. The van der Waals surface area contributed by atoms with Gasteiger partial charge in [0.2, 0.25) is 0 Å². The molecule has 7 nitrogen and oxygen atoms in total. The summed E-state index contributed by atoms with van der Waals surface area (Å²) in [6.07, 6.45) is 0.595. The van der Waals surface area contributed by atoms with Gasteiger partial charge in [0, 0.05) is 17.4 Å². The van der Waals surface area contributed by atoms with E-state index in [-0.39, 0.29) is 6.42 Å². The Labute approximate surface area is 142 Å². The second kappa shape index (κ2) is 10.6. The van der Waals surface area contributed by atoms with Crippen molar-refractivity contribution in [1.29, 1.82) is 0 Å². The minimum atomic E-state index is -0.671. The molecule has 0 fully saturated rings. The van der Waals surface area contributed by atoms with Crippen LogP contribution in [0.1, 0.15) is 19.8 Å². The average Bonchev–Trinajstić information content (AvgIpc) is 2.51. The third-order valence-corrected chi connectivity index (χ3v) is 3.09. The van der Waals surface area contributed by atoms with Crippen molar-refractivity contribution < 1.29 is 23.9 Å². The maximum atomic E-state index is 11.5. The number of hydrogen-bond acceptors (Lipinski definition) is 5. The first-order valence-electron chi connectivity index (χ1n) is 7.13. The third-order valence-electron chi connectivity index (χ3n) is 2.56. The number of carbonyl (C=O) groups is 3. The van der Waals surface area contributed by atoms with Gasteiger partial charge in [-0.3, -0.25) is 14.9 Å². The van der Waals surface area contributed by atoms with E-state index in [4.69, 9.17) is 9.47 Å². The number of ether oxygens (including phenoxy) is 2. The molecule has 0 aromatic heterocycles. The van der Waals surface area contributed by atoms with Gasteiger partial charge < -0.3 is 14.8 Å². The van der Waals surface area contributed by atoms with Crippen molar-refractivity contribution in [3.05, 3.63) is 28.7 Å². The largest absolute Gasteiger partial charge is 0.494 e. The summed E-state index contributed by atoms with van der Waals surface area (Å²) in [6.45, 7) is 2.00. The summed E-state index contributed by atoms with van der Waals surface area (Å²) in [6, 6.07) is 6.73. The van der Waals surface area contributed by atoms with Crippen LogP contribution in [0.25, 0.3) is 0 Å². The normalized spacial score (nSPS) is 9.83. The molecule has 1 rings (SSSR count). The number of benzene rings is 1. The zero-order valence-electron chi connectivity index (χ0n) is 12.8. The summed E-state index contributed by atoms with van der Waals surface area (Å²) >= 11 is 3.32. The molecule has 0 aliphatic heterocycles. The minimum Gasteiger partial charge on any atom is -0.494 e. The van der Waals surface area contributed by atoms with Gasteiger partial charge in [0.25, 0.3) is 5.91 Å². The Bertz CT molecular complexity index is 533. The van der Waals surface area contributed by atoms with Gasteiger partial charge in [-0.1, -0.05) is 15.9 Å². The van der Waals surface area contributed by atoms with Crippen molar-refractivity contribution in [2.75, 3.05) is 19.8 Å². The zero-order valence-corrected chi connectivity index (χ0v) is 14.4. The quantitative estimate of drug-likeness (QED) is 0.526. The first-order valence-corrected chi connectivity index (χ1v) is 7.92. The molecule has 1 aromatic rings. The molecule has 1 aromatic carbocycles. The van der Waals surface area contributed by atoms with E-state index >= 15 is 0 Å². The van der Waals surface area contributed by atoms with Crippen LogP contribution >= 0.6 is 15.9 Å². The van der Waals surface area contributed by atoms with Gasteiger partial charge in [0.05, 0.1) is 6.61 Å². The lowest BCUT2D eigenvalue weighted by atomic mass is 10.3. The van der Waals surface area contributed by atoms with Crippen LogP contribution < -0.4 is 15.4 Å². The van der Waals surface area contributed by atoms with E-state index in [1.165, 1.54) is 0 Å². The molecule has 23 heavy (non-hydrogen) atoms. The molecule has 0 heterocycles. The van der Waals surface area contributed by atoms with Crippen LogP contribution in [-0.4, -0.2) is 37.7 Å². The topological polar surface area (TPSA) is 93.7 Å². The molecule has 0 aliphatic rings. The summed E-state index contributed by atoms with van der Waals surface area (Å²) < 4.78 is 11.2. The Morgan fingerprint density at radius 2 is 1.87 bits per heavy atom. The van der Waals surface area contributed by atoms with Crippen molar-refractivity contribution in [3.8, 4) is 5.75 Å². The van der Waals surface area contributed by atoms with Crippen molar-refractivity contribution in [1.82, 2.24) is 10.6 Å². The molecule has 0 spiro atoms. The predicted octanol–water partition coefficient (Wildman–Crippen LogP) is 2.00. The second-order valence-corrected chi connectivity index (χ2v) is 5.39. The van der Waals surface area contributed by atoms with E-state index in [1.54, 1.807) is 6.92 Å². The van der Waals surface area contributed by atoms with Crippen LogP contribution in [-0.2, 0) is 14.3 Å². The summed E-state index contributed by atoms with van der Waals surface area (Å²) in [4.78, 5) is 33.8. The monoisotopic (exact) mass is 386 g/mol. The van der Waals surface area contributed by atoms with Crippen LogP contribution in [0.15, 0.2) is 28.7 Å². The Morgan fingerprint density at radius 3 is 2.52 bits per heavy atom. The van der Waals surface area contributed by atoms with Crippen molar-refractivity contribution in [3.63, 3.8) is 0 Å². The predicted molar refractivity (Wildman–Crippen MR) is 87.0 cm³/mol. The molecule has 0 saturated heterocycles. The lowest BCUT2D eigenvalue weighted by Crippen LogP contribution is -2.41. The zero-order chi connectivity index (χ0) is 17.1. The van der Waals surface area contributed by atoms with Crippen LogP contribution in [0, 0.1) is 0 Å². The van der Waals surface area contributed by atoms with E-state index in [0.29, 0.717) is 25.3 Å². The van der Waals surface area contributed by atoms with Crippen molar-refractivity contribution in [2.24, 2.45) is 0 Å². The average molecular weight is 387 g/mol. The molecular weight excluding hydrogens is 368 g/mol. The van der Waals surface area contributed by atoms with E-state index in [0.717, 1.165) is 4.47 Å². The highest BCUT2D eigenvalue weighted by Gasteiger charge is 2.10. The van der Waals surface area contributed by atoms with E-state index in [9.17, 15) is 14.4 Å². The highest BCUT2D eigenvalue weighted by atomic mass is 79.9. The Balaban J connectivity index is 2.11. The van der Waals surface area contributed by atoms with Gasteiger partial charge in [0.15, 0.2) is 6.61 Å². The summed E-state index contributed by atoms with van der Waals surface area (Å²) in [5.41, 5.74) is 0. The van der Waals surface area contributed by atoms with Gasteiger partial charge >= 0.3 is 12.0 Å². The fraction of sp³-hybridized carbons (Fsp3) is 0.400. The van der Waals surface area contributed by atoms with Crippen molar-refractivity contribution >= 4 is 33.8 Å². The SMILES string of the molecule is CCNC(=O)NC(=O)COC(=O)CCCOc1ccc(Br)cc1. The number of amides is 3. The summed E-state index contributed by atoms with van der Waals surface area (Å²) in [5.74, 6) is -0.478. The molecule has 3 amide bonds. The highest BCUT2D eigenvalue weighted by molar-refractivity contribution is 9.10. The smallest absolute Gasteiger partial charge is 0.321 e. The maximum absolute atomic E-state index is 11.5. The standard InChI is InChI=1S/C15H19BrN2O5/c1-2-17-15(21)18-13(19)10-23-14(20)4-3-9-22-12-7-5-11(16)6-8-12/h5-8H,2-4,9-10H2,1H3,(H2,17,18,19,21). The molecule has 0 aliphatic carbocycles. The van der Waals surface area contributed by atoms with Crippen LogP contribution in [0.2, 0.25) is 0 Å². The number of carbonyl (C=O) groups excluding carboxylic acids is 3. The number of urea groups is 1. The maximum Gasteiger partial charge on any atom is 0.321 e. The number of hydrogen-bond donors (Lipinski definition) is 2. The highest BCUT2D eigenvalue weighted by Crippen LogP contribution is 2.16. The third kappa shape index (κ3) is 8.82. The Kier molecular flexibility index (Phi) is 8.74. The van der Waals surface area contributed by atoms with Gasteiger partial charge in [-0.2, -0.15) is 0 Å². The molecule has 2 N–H and O–H groups in total. The molecule has 0 bridgehead atoms. The fourth-order valence-corrected chi connectivity index (χ4v) is 1.79. The molecule has 0 saturated carbocycles. The molecule has 0 atom stereocenters. The number of halogens is 1. The van der Waals surface area contributed by atoms with Crippen LogP contribution in [0.3, 0.4) is 0 Å². The number of esters is 1.